The summed E-state index contributed by atoms with van der Waals surface area (Å²) in [6.07, 6.45) is 6.85. The largest absolute Gasteiger partial charge is 0.352 e. The van der Waals surface area contributed by atoms with E-state index < -0.39 is 21.9 Å². The number of nitrogens with zero attached hydrogens (tertiary/aromatic N) is 2. The summed E-state index contributed by atoms with van der Waals surface area (Å²) in [5.74, 6) is -0.882. The van der Waals surface area contributed by atoms with Gasteiger partial charge in [0.1, 0.15) is 11.9 Å². The molecule has 1 N–H and O–H groups in total. The predicted octanol–water partition coefficient (Wildman–Crippen LogP) is 6.22. The third kappa shape index (κ3) is 9.89. The summed E-state index contributed by atoms with van der Waals surface area (Å²) >= 11 is 3.46. The minimum absolute atomic E-state index is 0.0335. The monoisotopic (exact) mass is 671 g/mol. The van der Waals surface area contributed by atoms with Crippen LogP contribution < -0.4 is 9.62 Å². The van der Waals surface area contributed by atoms with Crippen LogP contribution >= 0.6 is 15.9 Å². The van der Waals surface area contributed by atoms with Gasteiger partial charge in [0.05, 0.1) is 11.9 Å². The summed E-state index contributed by atoms with van der Waals surface area (Å²) < 4.78 is 40.7. The van der Waals surface area contributed by atoms with Gasteiger partial charge >= 0.3 is 0 Å². The lowest BCUT2D eigenvalue weighted by Crippen LogP contribution is -2.52. The molecule has 2 amide bonds. The zero-order valence-electron chi connectivity index (χ0n) is 24.4. The molecule has 1 aliphatic carbocycles. The second-order valence-corrected chi connectivity index (χ2v) is 13.9. The number of hydrogen-bond acceptors (Lipinski definition) is 4. The highest BCUT2D eigenvalue weighted by Crippen LogP contribution is 2.22. The molecular formula is C33H39BrFN3O4S. The summed E-state index contributed by atoms with van der Waals surface area (Å²) in [6, 6.07) is 21.9. The van der Waals surface area contributed by atoms with Gasteiger partial charge in [0.15, 0.2) is 0 Å². The quantitative estimate of drug-likeness (QED) is 0.234. The van der Waals surface area contributed by atoms with Crippen molar-refractivity contribution in [1.82, 2.24) is 10.2 Å². The molecule has 3 aromatic rings. The normalized spacial score (nSPS) is 14.6. The van der Waals surface area contributed by atoms with Crippen LogP contribution in [0.4, 0.5) is 10.1 Å². The number of sulfonamides is 1. The molecule has 7 nitrogen and oxygen atoms in total. The number of benzene rings is 3. The Morgan fingerprint density at radius 2 is 1.58 bits per heavy atom. The van der Waals surface area contributed by atoms with Crippen LogP contribution in [0.2, 0.25) is 0 Å². The van der Waals surface area contributed by atoms with Crippen molar-refractivity contribution in [3.8, 4) is 0 Å². The molecule has 43 heavy (non-hydrogen) atoms. The number of carbonyl (C=O) groups is 2. The second kappa shape index (κ2) is 15.5. The summed E-state index contributed by atoms with van der Waals surface area (Å²) in [4.78, 5) is 29.5. The Morgan fingerprint density at radius 1 is 0.930 bits per heavy atom. The third-order valence-electron chi connectivity index (χ3n) is 7.76. The summed E-state index contributed by atoms with van der Waals surface area (Å²) in [7, 11) is -3.67. The average molecular weight is 673 g/mol. The Morgan fingerprint density at radius 3 is 2.21 bits per heavy atom. The van der Waals surface area contributed by atoms with E-state index in [-0.39, 0.29) is 43.8 Å². The first-order valence-corrected chi connectivity index (χ1v) is 17.4. The maximum absolute atomic E-state index is 14.0. The summed E-state index contributed by atoms with van der Waals surface area (Å²) in [5.41, 5.74) is 2.15. The third-order valence-corrected chi connectivity index (χ3v) is 9.48. The van der Waals surface area contributed by atoms with Crippen LogP contribution in [-0.4, -0.2) is 50.0 Å². The molecule has 1 saturated carbocycles. The van der Waals surface area contributed by atoms with E-state index >= 15 is 0 Å². The molecule has 0 bridgehead atoms. The first-order valence-electron chi connectivity index (χ1n) is 14.7. The maximum Gasteiger partial charge on any atom is 0.243 e. The van der Waals surface area contributed by atoms with E-state index in [1.807, 2.05) is 54.6 Å². The van der Waals surface area contributed by atoms with Gasteiger partial charge in [0.25, 0.3) is 0 Å². The lowest BCUT2D eigenvalue weighted by molar-refractivity contribution is -0.141. The highest BCUT2D eigenvalue weighted by molar-refractivity contribution is 9.10. The van der Waals surface area contributed by atoms with Crippen LogP contribution in [0.3, 0.4) is 0 Å². The van der Waals surface area contributed by atoms with Gasteiger partial charge in [-0.15, -0.1) is 0 Å². The van der Waals surface area contributed by atoms with Crippen molar-refractivity contribution in [3.05, 3.63) is 100 Å². The van der Waals surface area contributed by atoms with Crippen molar-refractivity contribution >= 4 is 43.5 Å². The Labute approximate surface area is 262 Å². The van der Waals surface area contributed by atoms with E-state index in [9.17, 15) is 22.4 Å². The van der Waals surface area contributed by atoms with Crippen molar-refractivity contribution in [1.29, 1.82) is 0 Å². The molecule has 0 spiro atoms. The van der Waals surface area contributed by atoms with Crippen molar-refractivity contribution < 1.29 is 22.4 Å². The number of anilines is 1. The zero-order valence-corrected chi connectivity index (χ0v) is 26.8. The molecule has 0 heterocycles. The lowest BCUT2D eigenvalue weighted by Gasteiger charge is -2.34. The molecular weight excluding hydrogens is 633 g/mol. The lowest BCUT2D eigenvalue weighted by atomic mass is 9.94. The van der Waals surface area contributed by atoms with Crippen molar-refractivity contribution in [2.24, 2.45) is 0 Å². The smallest absolute Gasteiger partial charge is 0.243 e. The van der Waals surface area contributed by atoms with E-state index in [4.69, 9.17) is 0 Å². The fourth-order valence-electron chi connectivity index (χ4n) is 5.50. The Kier molecular flexibility index (Phi) is 11.8. The highest BCUT2D eigenvalue weighted by atomic mass is 79.9. The molecule has 0 aliphatic heterocycles. The number of amides is 2. The van der Waals surface area contributed by atoms with E-state index in [1.165, 1.54) is 28.6 Å². The van der Waals surface area contributed by atoms with E-state index in [2.05, 4.69) is 21.2 Å². The van der Waals surface area contributed by atoms with Gasteiger partial charge in [-0.25, -0.2) is 12.8 Å². The Bertz CT molecular complexity index is 1450. The number of nitrogens with one attached hydrogen (secondary N) is 1. The van der Waals surface area contributed by atoms with Crippen LogP contribution in [0.15, 0.2) is 83.3 Å². The summed E-state index contributed by atoms with van der Waals surface area (Å²) in [6.45, 7) is 0.273. The fraction of sp³-hybridized carbons (Fsp3) is 0.394. The summed E-state index contributed by atoms with van der Waals surface area (Å²) in [5, 5.41) is 3.23. The molecule has 1 aliphatic rings. The molecule has 4 rings (SSSR count). The minimum atomic E-state index is -3.67. The highest BCUT2D eigenvalue weighted by Gasteiger charge is 2.32. The van der Waals surface area contributed by atoms with Crippen LogP contribution in [0.1, 0.15) is 56.1 Å². The van der Waals surface area contributed by atoms with Gasteiger partial charge in [-0.1, -0.05) is 77.7 Å². The van der Waals surface area contributed by atoms with Gasteiger partial charge < -0.3 is 10.2 Å². The van der Waals surface area contributed by atoms with Gasteiger partial charge in [0, 0.05) is 36.4 Å². The molecule has 10 heteroatoms. The van der Waals surface area contributed by atoms with Crippen LogP contribution in [0.25, 0.3) is 0 Å². The zero-order chi connectivity index (χ0) is 30.8. The first-order chi connectivity index (χ1) is 20.6. The van der Waals surface area contributed by atoms with Gasteiger partial charge in [-0.3, -0.25) is 13.9 Å². The van der Waals surface area contributed by atoms with Gasteiger partial charge in [-0.2, -0.15) is 0 Å². The van der Waals surface area contributed by atoms with E-state index in [0.717, 1.165) is 54.0 Å². The second-order valence-electron chi connectivity index (χ2n) is 11.1. The Balaban J connectivity index is 1.58. The number of hydrogen-bond donors (Lipinski definition) is 1. The molecule has 0 unspecified atom stereocenters. The van der Waals surface area contributed by atoms with Crippen LogP contribution in [0.5, 0.6) is 0 Å². The van der Waals surface area contributed by atoms with Gasteiger partial charge in [0.2, 0.25) is 21.8 Å². The fourth-order valence-corrected chi connectivity index (χ4v) is 6.73. The van der Waals surface area contributed by atoms with Crippen LogP contribution in [-0.2, 0) is 32.6 Å². The maximum atomic E-state index is 14.0. The average Bonchev–Trinajstić information content (AvgIpc) is 2.99. The number of rotatable bonds is 13. The predicted molar refractivity (Wildman–Crippen MR) is 171 cm³/mol. The van der Waals surface area contributed by atoms with Gasteiger partial charge in [-0.05, 0) is 66.8 Å². The minimum Gasteiger partial charge on any atom is -0.352 e. The topological polar surface area (TPSA) is 86.8 Å². The molecule has 0 radical (unpaired) electrons. The van der Waals surface area contributed by atoms with Crippen molar-refractivity contribution in [3.63, 3.8) is 0 Å². The van der Waals surface area contributed by atoms with Crippen molar-refractivity contribution in [2.45, 2.75) is 70.0 Å². The molecule has 1 atom stereocenters. The molecule has 230 valence electrons. The molecule has 0 aromatic heterocycles. The van der Waals surface area contributed by atoms with E-state index in [1.54, 1.807) is 4.90 Å². The standard InChI is InChI=1S/C33H39BrFN3O4S/c1-43(41,42)38(30-20-18-28(35)19-21-30)22-8-13-32(39)37(24-26-14-16-27(34)17-15-26)31(23-25-9-4-2-5-10-25)33(40)36-29-11-6-3-7-12-29/h2,4-5,9-10,14-21,29,31H,3,6-8,11-13,22-24H2,1H3,(H,36,40)/t31-/m0/s1. The molecule has 1 fully saturated rings. The Hall–Kier alpha value is -3.24. The number of carbonyl (C=O) groups excluding carboxylic acids is 2. The molecule has 3 aromatic carbocycles. The van der Waals surface area contributed by atoms with Crippen LogP contribution in [0, 0.1) is 5.82 Å². The SMILES string of the molecule is CS(=O)(=O)N(CCCC(=O)N(Cc1ccc(Br)cc1)[C@@H](Cc1ccccc1)C(=O)NC1CCCCC1)c1ccc(F)cc1. The van der Waals surface area contributed by atoms with E-state index in [0.29, 0.717) is 12.1 Å². The molecule has 0 saturated heterocycles. The number of halogens is 2. The van der Waals surface area contributed by atoms with Crippen molar-refractivity contribution in [2.75, 3.05) is 17.1 Å². The first kappa shape index (κ1) is 32.7.